The molecule has 1 heterocycles. The Bertz CT molecular complexity index is 897. The van der Waals surface area contributed by atoms with Crippen LogP contribution in [0.1, 0.15) is 16.8 Å². The van der Waals surface area contributed by atoms with Gasteiger partial charge in [0.15, 0.2) is 0 Å². The van der Waals surface area contributed by atoms with Crippen LogP contribution in [0.2, 0.25) is 5.02 Å². The van der Waals surface area contributed by atoms with Gasteiger partial charge < -0.3 is 16.2 Å². The van der Waals surface area contributed by atoms with E-state index in [0.29, 0.717) is 16.8 Å². The second-order valence-corrected chi connectivity index (χ2v) is 5.91. The average molecular weight is 387 g/mol. The molecule has 27 heavy (non-hydrogen) atoms. The van der Waals surface area contributed by atoms with Crippen molar-refractivity contribution in [1.29, 1.82) is 0 Å². The van der Waals surface area contributed by atoms with E-state index in [-0.39, 0.29) is 24.6 Å². The second-order valence-electron chi connectivity index (χ2n) is 5.48. The Balaban J connectivity index is 0.000000313. The normalized spacial score (nSPS) is 9.81. The van der Waals surface area contributed by atoms with Gasteiger partial charge in [0.2, 0.25) is 5.91 Å². The molecule has 0 saturated heterocycles. The number of benzene rings is 2. The lowest BCUT2D eigenvalue weighted by Gasteiger charge is -2.05. The summed E-state index contributed by atoms with van der Waals surface area (Å²) in [5.41, 5.74) is 6.47. The number of aromatic hydroxyl groups is 1. The number of nitrogens with two attached hydrogens (primary N) is 1. The molecule has 2 aromatic carbocycles. The van der Waals surface area contributed by atoms with Crippen LogP contribution in [0.4, 0.5) is 0 Å². The summed E-state index contributed by atoms with van der Waals surface area (Å²) in [5, 5.41) is 19.4. The zero-order valence-corrected chi connectivity index (χ0v) is 15.1. The minimum absolute atomic E-state index is 0.0745. The molecule has 0 saturated carbocycles. The first-order valence-corrected chi connectivity index (χ1v) is 8.45. The second kappa shape index (κ2) is 9.98. The summed E-state index contributed by atoms with van der Waals surface area (Å²) >= 11 is 5.54. The molecule has 3 aromatic rings. The maximum absolute atomic E-state index is 12.0. The fourth-order valence-electron chi connectivity index (χ4n) is 2.15. The van der Waals surface area contributed by atoms with Gasteiger partial charge in [0.25, 0.3) is 5.91 Å². The molecule has 5 N–H and O–H groups in total. The minimum atomic E-state index is -0.481. The van der Waals surface area contributed by atoms with Gasteiger partial charge in [-0.2, -0.15) is 5.10 Å². The van der Waals surface area contributed by atoms with Crippen LogP contribution in [0, 0.1) is 0 Å². The monoisotopic (exact) mass is 386 g/mol. The largest absolute Gasteiger partial charge is 0.508 e. The van der Waals surface area contributed by atoms with E-state index in [1.807, 2.05) is 30.3 Å². The maximum Gasteiger partial charge on any atom is 0.255 e. The van der Waals surface area contributed by atoms with Gasteiger partial charge in [-0.15, -0.1) is 0 Å². The number of phenols is 1. The van der Waals surface area contributed by atoms with E-state index >= 15 is 0 Å². The number of aromatic nitrogens is 2. The molecule has 0 aliphatic heterocycles. The van der Waals surface area contributed by atoms with Crippen molar-refractivity contribution < 1.29 is 14.7 Å². The number of nitrogens with one attached hydrogen (secondary N) is 2. The van der Waals surface area contributed by atoms with Gasteiger partial charge in [0.05, 0.1) is 17.5 Å². The SMILES string of the molecule is Clc1ccccc1.NC(=O)CCNC(=O)c1cn[nH]c1-c1cccc(O)c1. The molecule has 0 unspecified atom stereocenters. The lowest BCUT2D eigenvalue weighted by Crippen LogP contribution is -2.27. The Hall–Kier alpha value is -3.32. The number of aromatic amines is 1. The lowest BCUT2D eigenvalue weighted by molar-refractivity contribution is -0.117. The smallest absolute Gasteiger partial charge is 0.255 e. The molecule has 0 aliphatic carbocycles. The van der Waals surface area contributed by atoms with Crippen molar-refractivity contribution >= 4 is 23.4 Å². The van der Waals surface area contributed by atoms with Gasteiger partial charge in [-0.05, 0) is 24.3 Å². The van der Waals surface area contributed by atoms with E-state index < -0.39 is 5.91 Å². The zero-order valence-electron chi connectivity index (χ0n) is 14.4. The first-order chi connectivity index (χ1) is 13.0. The van der Waals surface area contributed by atoms with E-state index in [0.717, 1.165) is 5.02 Å². The summed E-state index contributed by atoms with van der Waals surface area (Å²) in [6.45, 7) is 0.166. The molecule has 0 radical (unpaired) electrons. The van der Waals surface area contributed by atoms with Crippen LogP contribution in [0.15, 0.2) is 60.8 Å². The van der Waals surface area contributed by atoms with Crippen molar-refractivity contribution in [3.05, 3.63) is 71.4 Å². The third-order valence-corrected chi connectivity index (χ3v) is 3.66. The highest BCUT2D eigenvalue weighted by Crippen LogP contribution is 2.24. The zero-order chi connectivity index (χ0) is 19.6. The molecular weight excluding hydrogens is 368 g/mol. The van der Waals surface area contributed by atoms with Crippen LogP contribution in [0.25, 0.3) is 11.3 Å². The molecule has 140 valence electrons. The van der Waals surface area contributed by atoms with Crippen molar-refractivity contribution in [1.82, 2.24) is 15.5 Å². The van der Waals surface area contributed by atoms with Crippen molar-refractivity contribution in [3.63, 3.8) is 0 Å². The summed E-state index contributed by atoms with van der Waals surface area (Å²) in [4.78, 5) is 22.6. The Kier molecular flexibility index (Phi) is 7.39. The third kappa shape index (κ3) is 6.48. The molecule has 3 rings (SSSR count). The van der Waals surface area contributed by atoms with Crippen LogP contribution >= 0.6 is 11.6 Å². The third-order valence-electron chi connectivity index (χ3n) is 3.41. The summed E-state index contributed by atoms with van der Waals surface area (Å²) < 4.78 is 0. The number of primary amides is 1. The predicted molar refractivity (Wildman–Crippen MR) is 103 cm³/mol. The summed E-state index contributed by atoms with van der Waals surface area (Å²) in [5.74, 6) is -0.749. The highest BCUT2D eigenvalue weighted by molar-refractivity contribution is 6.30. The highest BCUT2D eigenvalue weighted by atomic mass is 35.5. The fraction of sp³-hybridized carbons (Fsp3) is 0.105. The number of halogens is 1. The number of H-pyrrole nitrogens is 1. The van der Waals surface area contributed by atoms with Gasteiger partial charge in [0, 0.05) is 23.6 Å². The van der Waals surface area contributed by atoms with Crippen LogP contribution < -0.4 is 11.1 Å². The van der Waals surface area contributed by atoms with Crippen LogP contribution in [-0.2, 0) is 4.79 Å². The molecule has 8 heteroatoms. The number of hydrogen-bond acceptors (Lipinski definition) is 4. The van der Waals surface area contributed by atoms with Gasteiger partial charge >= 0.3 is 0 Å². The van der Waals surface area contributed by atoms with Crippen molar-refractivity contribution in [3.8, 4) is 17.0 Å². The molecule has 7 nitrogen and oxygen atoms in total. The molecule has 0 atom stereocenters. The highest BCUT2D eigenvalue weighted by Gasteiger charge is 2.15. The Morgan fingerprint density at radius 3 is 2.48 bits per heavy atom. The quantitative estimate of drug-likeness (QED) is 0.538. The fourth-order valence-corrected chi connectivity index (χ4v) is 2.29. The van der Waals surface area contributed by atoms with Crippen molar-refractivity contribution in [2.75, 3.05) is 6.54 Å². The topological polar surface area (TPSA) is 121 Å². The Morgan fingerprint density at radius 2 is 1.89 bits per heavy atom. The molecule has 1 aromatic heterocycles. The summed E-state index contributed by atoms with van der Waals surface area (Å²) in [6.07, 6.45) is 1.46. The van der Waals surface area contributed by atoms with E-state index in [9.17, 15) is 14.7 Å². The number of hydrogen-bond donors (Lipinski definition) is 4. The predicted octanol–water partition coefficient (Wildman–Crippen LogP) is 2.73. The number of carbonyl (C=O) groups excluding carboxylic acids is 2. The van der Waals surface area contributed by atoms with E-state index in [4.69, 9.17) is 17.3 Å². The Morgan fingerprint density at radius 1 is 1.15 bits per heavy atom. The first kappa shape index (κ1) is 20.0. The minimum Gasteiger partial charge on any atom is -0.508 e. The molecule has 0 bridgehead atoms. The van der Waals surface area contributed by atoms with Crippen LogP contribution in [0.3, 0.4) is 0 Å². The number of carbonyl (C=O) groups is 2. The Labute approximate surface area is 161 Å². The van der Waals surface area contributed by atoms with Gasteiger partial charge in [-0.3, -0.25) is 14.7 Å². The van der Waals surface area contributed by atoms with Gasteiger partial charge in [-0.1, -0.05) is 41.9 Å². The van der Waals surface area contributed by atoms with Gasteiger partial charge in [-0.25, -0.2) is 0 Å². The average Bonchev–Trinajstić information content (AvgIpc) is 3.12. The summed E-state index contributed by atoms with van der Waals surface area (Å²) in [7, 11) is 0. The van der Waals surface area contributed by atoms with Gasteiger partial charge in [0.1, 0.15) is 5.75 Å². The van der Waals surface area contributed by atoms with E-state index in [2.05, 4.69) is 15.5 Å². The molecule has 0 aliphatic rings. The molecule has 0 spiro atoms. The van der Waals surface area contributed by atoms with E-state index in [1.165, 1.54) is 18.3 Å². The number of amides is 2. The van der Waals surface area contributed by atoms with E-state index in [1.54, 1.807) is 12.1 Å². The van der Waals surface area contributed by atoms with Crippen molar-refractivity contribution in [2.24, 2.45) is 5.73 Å². The van der Waals surface area contributed by atoms with Crippen molar-refractivity contribution in [2.45, 2.75) is 6.42 Å². The maximum atomic E-state index is 12.0. The molecule has 0 fully saturated rings. The molecule has 2 amide bonds. The standard InChI is InChI=1S/C13H14N4O3.C6H5Cl/c14-11(19)4-5-15-13(20)10-7-16-17-12(10)8-2-1-3-9(18)6-8;7-6-4-2-1-3-5-6/h1-3,6-7,18H,4-5H2,(H2,14,19)(H,15,20)(H,16,17);1-5H. The summed E-state index contributed by atoms with van der Waals surface area (Å²) in [6, 6.07) is 15.9. The number of nitrogens with zero attached hydrogens (tertiary/aromatic N) is 1. The first-order valence-electron chi connectivity index (χ1n) is 8.07. The number of rotatable bonds is 5. The number of phenolic OH excluding ortho intramolecular Hbond substituents is 1. The molecular formula is C19H19ClN4O3. The van der Waals surface area contributed by atoms with Crippen LogP contribution in [0.5, 0.6) is 5.75 Å². The lowest BCUT2D eigenvalue weighted by atomic mass is 10.1. The van der Waals surface area contributed by atoms with Crippen LogP contribution in [-0.4, -0.2) is 33.7 Å².